The van der Waals surface area contributed by atoms with E-state index in [2.05, 4.69) is 5.32 Å². The standard InChI is InChI=1S/C27H28ClN3O2/c1-2-25(21-10-4-3-5-11-21)26(32)29-23-13-7-14-24(18-23)31-16-8-15-30(27(31)33)19-20-9-6-12-22(28)17-20/h3-7,9-14,17-18,25H,2,8,15-16,19H2,1H3,(H,29,32)/t25-/m0/s1. The first kappa shape index (κ1) is 22.9. The van der Waals surface area contributed by atoms with Crippen LogP contribution >= 0.6 is 11.6 Å². The first-order valence-electron chi connectivity index (χ1n) is 11.3. The van der Waals surface area contributed by atoms with E-state index in [-0.39, 0.29) is 17.9 Å². The minimum Gasteiger partial charge on any atom is -0.325 e. The van der Waals surface area contributed by atoms with Gasteiger partial charge in [0.1, 0.15) is 0 Å². The summed E-state index contributed by atoms with van der Waals surface area (Å²) in [5.41, 5.74) is 3.47. The summed E-state index contributed by atoms with van der Waals surface area (Å²) in [6.07, 6.45) is 1.58. The van der Waals surface area contributed by atoms with E-state index in [1.807, 2.05) is 90.7 Å². The van der Waals surface area contributed by atoms with E-state index in [1.54, 1.807) is 4.90 Å². The molecule has 3 amide bonds. The molecule has 0 aliphatic carbocycles. The quantitative estimate of drug-likeness (QED) is 0.448. The number of nitrogens with zero attached hydrogens (tertiary/aromatic N) is 2. The minimum absolute atomic E-state index is 0.0413. The van der Waals surface area contributed by atoms with Crippen molar-refractivity contribution in [1.82, 2.24) is 4.90 Å². The Morgan fingerprint density at radius 3 is 2.55 bits per heavy atom. The van der Waals surface area contributed by atoms with Crippen molar-refractivity contribution in [3.05, 3.63) is 95.0 Å². The average molecular weight is 462 g/mol. The van der Waals surface area contributed by atoms with Crippen molar-refractivity contribution >= 4 is 34.9 Å². The highest BCUT2D eigenvalue weighted by Crippen LogP contribution is 2.26. The molecule has 1 heterocycles. The predicted molar refractivity (Wildman–Crippen MR) is 134 cm³/mol. The Morgan fingerprint density at radius 1 is 1.00 bits per heavy atom. The number of nitrogens with one attached hydrogen (secondary N) is 1. The lowest BCUT2D eigenvalue weighted by atomic mass is 9.95. The lowest BCUT2D eigenvalue weighted by Gasteiger charge is -2.36. The molecular formula is C27H28ClN3O2. The van der Waals surface area contributed by atoms with Crippen LogP contribution in [0.25, 0.3) is 0 Å². The largest absolute Gasteiger partial charge is 0.325 e. The number of benzene rings is 3. The third-order valence-corrected chi connectivity index (χ3v) is 6.16. The first-order valence-corrected chi connectivity index (χ1v) is 11.7. The van der Waals surface area contributed by atoms with Gasteiger partial charge in [0, 0.05) is 36.0 Å². The number of halogens is 1. The van der Waals surface area contributed by atoms with E-state index in [4.69, 9.17) is 11.6 Å². The van der Waals surface area contributed by atoms with Gasteiger partial charge in [0.05, 0.1) is 5.92 Å². The summed E-state index contributed by atoms with van der Waals surface area (Å²) >= 11 is 6.11. The average Bonchev–Trinajstić information content (AvgIpc) is 2.82. The van der Waals surface area contributed by atoms with Gasteiger partial charge >= 0.3 is 6.03 Å². The summed E-state index contributed by atoms with van der Waals surface area (Å²) < 4.78 is 0. The first-order chi connectivity index (χ1) is 16.0. The number of rotatable bonds is 7. The summed E-state index contributed by atoms with van der Waals surface area (Å²) in [5, 5.41) is 3.70. The Hall–Kier alpha value is -3.31. The van der Waals surface area contributed by atoms with E-state index in [1.165, 1.54) is 0 Å². The molecule has 6 heteroatoms. The van der Waals surface area contributed by atoms with Crippen molar-refractivity contribution in [2.45, 2.75) is 32.2 Å². The molecule has 0 aromatic heterocycles. The number of hydrogen-bond donors (Lipinski definition) is 1. The molecule has 3 aromatic carbocycles. The summed E-state index contributed by atoms with van der Waals surface area (Å²) in [4.78, 5) is 29.8. The van der Waals surface area contributed by atoms with Crippen LogP contribution in [0.3, 0.4) is 0 Å². The van der Waals surface area contributed by atoms with Gasteiger partial charge < -0.3 is 10.2 Å². The van der Waals surface area contributed by atoms with Crippen LogP contribution in [-0.4, -0.2) is 29.9 Å². The van der Waals surface area contributed by atoms with E-state index in [0.29, 0.717) is 36.8 Å². The van der Waals surface area contributed by atoms with E-state index < -0.39 is 0 Å². The number of urea groups is 1. The van der Waals surface area contributed by atoms with Crippen molar-refractivity contribution in [3.8, 4) is 0 Å². The topological polar surface area (TPSA) is 52.7 Å². The maximum atomic E-state index is 13.2. The van der Waals surface area contributed by atoms with Crippen molar-refractivity contribution in [2.75, 3.05) is 23.3 Å². The maximum absolute atomic E-state index is 13.2. The normalized spacial score (nSPS) is 14.8. The molecule has 1 atom stereocenters. The molecule has 0 spiro atoms. The van der Waals surface area contributed by atoms with Crippen LogP contribution in [0.4, 0.5) is 16.2 Å². The van der Waals surface area contributed by atoms with Gasteiger partial charge in [-0.3, -0.25) is 9.69 Å². The highest BCUT2D eigenvalue weighted by molar-refractivity contribution is 6.30. The Balaban J connectivity index is 1.47. The zero-order valence-corrected chi connectivity index (χ0v) is 19.5. The highest BCUT2D eigenvalue weighted by atomic mass is 35.5. The van der Waals surface area contributed by atoms with Gasteiger partial charge in [0.2, 0.25) is 5.91 Å². The van der Waals surface area contributed by atoms with Crippen LogP contribution in [0.1, 0.15) is 36.8 Å². The van der Waals surface area contributed by atoms with Gasteiger partial charge in [0.15, 0.2) is 0 Å². The van der Waals surface area contributed by atoms with E-state index in [9.17, 15) is 9.59 Å². The molecule has 0 bridgehead atoms. The molecule has 0 radical (unpaired) electrons. The van der Waals surface area contributed by atoms with Crippen molar-refractivity contribution in [1.29, 1.82) is 0 Å². The lowest BCUT2D eigenvalue weighted by molar-refractivity contribution is -0.117. The molecule has 1 aliphatic heterocycles. The number of amides is 3. The SMILES string of the molecule is CC[C@H](C(=O)Nc1cccc(N2CCCN(Cc3cccc(Cl)c3)C2=O)c1)c1ccccc1. The zero-order chi connectivity index (χ0) is 23.2. The molecular weight excluding hydrogens is 434 g/mol. The number of anilines is 2. The number of carbonyl (C=O) groups is 2. The van der Waals surface area contributed by atoms with Crippen LogP contribution in [0.15, 0.2) is 78.9 Å². The molecule has 4 rings (SSSR count). The van der Waals surface area contributed by atoms with Crippen molar-refractivity contribution in [2.24, 2.45) is 0 Å². The molecule has 33 heavy (non-hydrogen) atoms. The van der Waals surface area contributed by atoms with Crippen LogP contribution in [0.5, 0.6) is 0 Å². The Bertz CT molecular complexity index is 1120. The summed E-state index contributed by atoms with van der Waals surface area (Å²) in [5.74, 6) is -0.270. The molecule has 0 saturated carbocycles. The summed E-state index contributed by atoms with van der Waals surface area (Å²) in [6, 6.07) is 24.9. The molecule has 0 unspecified atom stereocenters. The maximum Gasteiger partial charge on any atom is 0.324 e. The molecule has 5 nitrogen and oxygen atoms in total. The fourth-order valence-electron chi connectivity index (χ4n) is 4.26. The van der Waals surface area contributed by atoms with Gasteiger partial charge in [-0.2, -0.15) is 0 Å². The van der Waals surface area contributed by atoms with Gasteiger partial charge in [-0.05, 0) is 54.3 Å². The second-order valence-corrected chi connectivity index (χ2v) is 8.69. The number of carbonyl (C=O) groups excluding carboxylic acids is 2. The molecule has 3 aromatic rings. The van der Waals surface area contributed by atoms with Gasteiger partial charge in [-0.25, -0.2) is 4.79 Å². The fourth-order valence-corrected chi connectivity index (χ4v) is 4.48. The van der Waals surface area contributed by atoms with Crippen molar-refractivity contribution < 1.29 is 9.59 Å². The van der Waals surface area contributed by atoms with Crippen molar-refractivity contribution in [3.63, 3.8) is 0 Å². The molecule has 1 fully saturated rings. The van der Waals surface area contributed by atoms with Gasteiger partial charge in [-0.15, -0.1) is 0 Å². The second kappa shape index (κ2) is 10.5. The van der Waals surface area contributed by atoms with E-state index in [0.717, 1.165) is 23.2 Å². The predicted octanol–water partition coefficient (Wildman–Crippen LogP) is 6.30. The molecule has 1 saturated heterocycles. The molecule has 1 aliphatic rings. The molecule has 170 valence electrons. The fraction of sp³-hybridized carbons (Fsp3) is 0.259. The van der Waals surface area contributed by atoms with Gasteiger partial charge in [-0.1, -0.05) is 67.1 Å². The zero-order valence-electron chi connectivity index (χ0n) is 18.7. The van der Waals surface area contributed by atoms with Crippen LogP contribution < -0.4 is 10.2 Å². The van der Waals surface area contributed by atoms with Crippen LogP contribution in [0.2, 0.25) is 5.02 Å². The second-order valence-electron chi connectivity index (χ2n) is 8.25. The Kier molecular flexibility index (Phi) is 7.30. The Labute approximate surface area is 200 Å². The van der Waals surface area contributed by atoms with Crippen LogP contribution in [-0.2, 0) is 11.3 Å². The van der Waals surface area contributed by atoms with Crippen LogP contribution in [0, 0.1) is 0 Å². The van der Waals surface area contributed by atoms with E-state index >= 15 is 0 Å². The lowest BCUT2D eigenvalue weighted by Crippen LogP contribution is -2.49. The minimum atomic E-state index is -0.223. The third kappa shape index (κ3) is 5.55. The Morgan fingerprint density at radius 2 is 1.79 bits per heavy atom. The third-order valence-electron chi connectivity index (χ3n) is 5.93. The summed E-state index contributed by atoms with van der Waals surface area (Å²) in [6.45, 7) is 3.87. The monoisotopic (exact) mass is 461 g/mol. The summed E-state index contributed by atoms with van der Waals surface area (Å²) in [7, 11) is 0. The smallest absolute Gasteiger partial charge is 0.324 e. The molecule has 1 N–H and O–H groups in total. The highest BCUT2D eigenvalue weighted by Gasteiger charge is 2.27. The van der Waals surface area contributed by atoms with Gasteiger partial charge in [0.25, 0.3) is 0 Å². The number of hydrogen-bond acceptors (Lipinski definition) is 2.